The second kappa shape index (κ2) is 7.82. The lowest BCUT2D eigenvalue weighted by atomic mass is 10.1. The van der Waals surface area contributed by atoms with Crippen LogP contribution < -0.4 is 10.1 Å². The highest BCUT2D eigenvalue weighted by Gasteiger charge is 2.18. The van der Waals surface area contributed by atoms with Gasteiger partial charge in [-0.1, -0.05) is 42.8 Å². The number of carbonyl (C=O) groups is 1. The number of ether oxygens (including phenoxy) is 1. The molecular formula is C20H25NO2. The summed E-state index contributed by atoms with van der Waals surface area (Å²) >= 11 is 0. The van der Waals surface area contributed by atoms with Crippen molar-refractivity contribution in [1.29, 1.82) is 0 Å². The van der Waals surface area contributed by atoms with Crippen LogP contribution in [-0.2, 0) is 11.3 Å². The van der Waals surface area contributed by atoms with Gasteiger partial charge in [-0.15, -0.1) is 0 Å². The van der Waals surface area contributed by atoms with Gasteiger partial charge >= 0.3 is 0 Å². The largest absolute Gasteiger partial charge is 0.481 e. The number of hydrogen-bond donors (Lipinski definition) is 1. The van der Waals surface area contributed by atoms with Gasteiger partial charge in [0.05, 0.1) is 0 Å². The maximum atomic E-state index is 12.3. The van der Waals surface area contributed by atoms with Crippen LogP contribution in [0.2, 0.25) is 0 Å². The number of aryl methyl sites for hydroxylation is 3. The van der Waals surface area contributed by atoms with Gasteiger partial charge in [0.25, 0.3) is 5.91 Å². The SMILES string of the molecule is CCC(Oc1ccc(C)c(C)c1)C(=O)NCc1ccc(C)cc1. The van der Waals surface area contributed by atoms with Crippen LogP contribution in [0, 0.1) is 20.8 Å². The molecule has 122 valence electrons. The Morgan fingerprint density at radius 1 is 1.04 bits per heavy atom. The third-order valence-corrected chi connectivity index (χ3v) is 4.01. The molecule has 3 nitrogen and oxygen atoms in total. The van der Waals surface area contributed by atoms with Crippen molar-refractivity contribution in [3.05, 3.63) is 64.7 Å². The summed E-state index contributed by atoms with van der Waals surface area (Å²) in [7, 11) is 0. The van der Waals surface area contributed by atoms with E-state index in [1.165, 1.54) is 11.1 Å². The zero-order chi connectivity index (χ0) is 16.8. The molecule has 0 bridgehead atoms. The molecule has 0 saturated carbocycles. The summed E-state index contributed by atoms with van der Waals surface area (Å²) in [6.07, 6.45) is 0.162. The van der Waals surface area contributed by atoms with Crippen molar-refractivity contribution in [1.82, 2.24) is 5.32 Å². The fraction of sp³-hybridized carbons (Fsp3) is 0.350. The van der Waals surface area contributed by atoms with Crippen LogP contribution in [0.15, 0.2) is 42.5 Å². The summed E-state index contributed by atoms with van der Waals surface area (Å²) < 4.78 is 5.86. The van der Waals surface area contributed by atoms with Gasteiger partial charge in [0.1, 0.15) is 5.75 Å². The van der Waals surface area contributed by atoms with Crippen molar-refractivity contribution in [3.63, 3.8) is 0 Å². The first-order chi connectivity index (χ1) is 11.0. The van der Waals surface area contributed by atoms with Crippen molar-refractivity contribution < 1.29 is 9.53 Å². The summed E-state index contributed by atoms with van der Waals surface area (Å²) in [6, 6.07) is 14.1. The van der Waals surface area contributed by atoms with Crippen LogP contribution in [0.1, 0.15) is 35.6 Å². The molecule has 0 aromatic heterocycles. The zero-order valence-electron chi connectivity index (χ0n) is 14.3. The molecule has 1 unspecified atom stereocenters. The normalized spacial score (nSPS) is 11.8. The van der Waals surface area contributed by atoms with E-state index in [4.69, 9.17) is 4.74 Å². The minimum atomic E-state index is -0.470. The average molecular weight is 311 g/mol. The van der Waals surface area contributed by atoms with Gasteiger partial charge in [0, 0.05) is 6.54 Å². The summed E-state index contributed by atoms with van der Waals surface area (Å²) in [5.74, 6) is 0.664. The Balaban J connectivity index is 1.95. The molecule has 2 aromatic rings. The second-order valence-corrected chi connectivity index (χ2v) is 5.96. The fourth-order valence-corrected chi connectivity index (χ4v) is 2.28. The van der Waals surface area contributed by atoms with Gasteiger partial charge < -0.3 is 10.1 Å². The quantitative estimate of drug-likeness (QED) is 0.872. The Labute approximate surface area is 138 Å². The number of nitrogens with one attached hydrogen (secondary N) is 1. The molecule has 3 heteroatoms. The Hall–Kier alpha value is -2.29. The van der Waals surface area contributed by atoms with Crippen LogP contribution in [0.3, 0.4) is 0 Å². The maximum Gasteiger partial charge on any atom is 0.261 e. The first kappa shape index (κ1) is 17.1. The summed E-state index contributed by atoms with van der Waals surface area (Å²) in [5.41, 5.74) is 4.68. The average Bonchev–Trinajstić information content (AvgIpc) is 2.55. The van der Waals surface area contributed by atoms with Crippen LogP contribution in [-0.4, -0.2) is 12.0 Å². The minimum Gasteiger partial charge on any atom is -0.481 e. The highest BCUT2D eigenvalue weighted by atomic mass is 16.5. The van der Waals surface area contributed by atoms with E-state index in [1.807, 2.05) is 63.2 Å². The van der Waals surface area contributed by atoms with Crippen LogP contribution >= 0.6 is 0 Å². The molecule has 0 aliphatic carbocycles. The molecule has 0 radical (unpaired) electrons. The van der Waals surface area contributed by atoms with Gasteiger partial charge in [0.15, 0.2) is 6.10 Å². The van der Waals surface area contributed by atoms with E-state index >= 15 is 0 Å². The second-order valence-electron chi connectivity index (χ2n) is 5.96. The molecule has 0 aliphatic heterocycles. The highest BCUT2D eigenvalue weighted by molar-refractivity contribution is 5.81. The Kier molecular flexibility index (Phi) is 5.80. The molecule has 2 rings (SSSR count). The Bertz CT molecular complexity index is 662. The number of carbonyl (C=O) groups excluding carboxylic acids is 1. The van der Waals surface area contributed by atoms with Crippen molar-refractivity contribution in [2.24, 2.45) is 0 Å². The topological polar surface area (TPSA) is 38.3 Å². The molecule has 0 fully saturated rings. The van der Waals surface area contributed by atoms with E-state index in [0.717, 1.165) is 16.9 Å². The zero-order valence-corrected chi connectivity index (χ0v) is 14.3. The lowest BCUT2D eigenvalue weighted by Gasteiger charge is -2.18. The van der Waals surface area contributed by atoms with Crippen molar-refractivity contribution in [2.75, 3.05) is 0 Å². The monoisotopic (exact) mass is 311 g/mol. The molecule has 2 aromatic carbocycles. The van der Waals surface area contributed by atoms with Gasteiger partial charge in [-0.05, 0) is 56.0 Å². The molecule has 1 N–H and O–H groups in total. The third-order valence-electron chi connectivity index (χ3n) is 4.01. The summed E-state index contributed by atoms with van der Waals surface area (Å²) in [5, 5.41) is 2.95. The smallest absolute Gasteiger partial charge is 0.261 e. The van der Waals surface area contributed by atoms with E-state index in [2.05, 4.69) is 12.2 Å². The fourth-order valence-electron chi connectivity index (χ4n) is 2.28. The molecule has 0 aliphatic rings. The van der Waals surface area contributed by atoms with Crippen molar-refractivity contribution >= 4 is 5.91 Å². The van der Waals surface area contributed by atoms with Gasteiger partial charge in [-0.2, -0.15) is 0 Å². The molecule has 0 spiro atoms. The third kappa shape index (κ3) is 4.85. The van der Waals surface area contributed by atoms with E-state index in [0.29, 0.717) is 13.0 Å². The predicted molar refractivity (Wildman–Crippen MR) is 93.6 cm³/mol. The number of rotatable bonds is 6. The lowest BCUT2D eigenvalue weighted by molar-refractivity contribution is -0.128. The standard InChI is InChI=1S/C20H25NO2/c1-5-19(23-18-11-8-15(3)16(4)12-18)20(22)21-13-17-9-6-14(2)7-10-17/h6-12,19H,5,13H2,1-4H3,(H,21,22). The first-order valence-corrected chi connectivity index (χ1v) is 8.06. The molecule has 1 atom stereocenters. The van der Waals surface area contributed by atoms with E-state index < -0.39 is 6.10 Å². The highest BCUT2D eigenvalue weighted by Crippen LogP contribution is 2.18. The first-order valence-electron chi connectivity index (χ1n) is 8.06. The molecule has 23 heavy (non-hydrogen) atoms. The molecular weight excluding hydrogens is 286 g/mol. The van der Waals surface area contributed by atoms with E-state index in [-0.39, 0.29) is 5.91 Å². The maximum absolute atomic E-state index is 12.3. The molecule has 1 amide bonds. The van der Waals surface area contributed by atoms with Crippen molar-refractivity contribution in [2.45, 2.75) is 46.8 Å². The lowest BCUT2D eigenvalue weighted by Crippen LogP contribution is -2.37. The van der Waals surface area contributed by atoms with E-state index in [1.54, 1.807) is 0 Å². The van der Waals surface area contributed by atoms with Gasteiger partial charge in [0.2, 0.25) is 0 Å². The summed E-state index contributed by atoms with van der Waals surface area (Å²) in [4.78, 5) is 12.3. The number of hydrogen-bond acceptors (Lipinski definition) is 2. The van der Waals surface area contributed by atoms with Gasteiger partial charge in [-0.3, -0.25) is 4.79 Å². The molecule has 0 saturated heterocycles. The minimum absolute atomic E-state index is 0.0775. The Morgan fingerprint density at radius 3 is 2.35 bits per heavy atom. The number of benzene rings is 2. The van der Waals surface area contributed by atoms with Crippen LogP contribution in [0.5, 0.6) is 5.75 Å². The number of amides is 1. The van der Waals surface area contributed by atoms with Crippen LogP contribution in [0.25, 0.3) is 0 Å². The Morgan fingerprint density at radius 2 is 1.74 bits per heavy atom. The predicted octanol–water partition coefficient (Wildman–Crippen LogP) is 4.09. The molecule has 0 heterocycles. The van der Waals surface area contributed by atoms with E-state index in [9.17, 15) is 4.79 Å². The van der Waals surface area contributed by atoms with Gasteiger partial charge in [-0.25, -0.2) is 0 Å². The van der Waals surface area contributed by atoms with Crippen LogP contribution in [0.4, 0.5) is 0 Å². The van der Waals surface area contributed by atoms with Crippen molar-refractivity contribution in [3.8, 4) is 5.75 Å². The summed E-state index contributed by atoms with van der Waals surface area (Å²) in [6.45, 7) is 8.63.